The van der Waals surface area contributed by atoms with Crippen molar-refractivity contribution in [2.24, 2.45) is 5.92 Å². The van der Waals surface area contributed by atoms with Crippen molar-refractivity contribution in [3.8, 4) is 0 Å². The molecule has 30 heavy (non-hydrogen) atoms. The summed E-state index contributed by atoms with van der Waals surface area (Å²) in [5.41, 5.74) is 1.95. The maximum Gasteiger partial charge on any atom is 0.255 e. The molecule has 3 N–H and O–H groups in total. The molecule has 0 aromatic heterocycles. The van der Waals surface area contributed by atoms with E-state index >= 15 is 0 Å². The van der Waals surface area contributed by atoms with Crippen molar-refractivity contribution < 1.29 is 14.0 Å². The van der Waals surface area contributed by atoms with Crippen LogP contribution in [-0.4, -0.2) is 23.9 Å². The van der Waals surface area contributed by atoms with Crippen LogP contribution in [0.2, 0.25) is 0 Å². The van der Waals surface area contributed by atoms with Crippen LogP contribution in [0.3, 0.4) is 0 Å². The highest BCUT2D eigenvalue weighted by atomic mass is 35.5. The van der Waals surface area contributed by atoms with Crippen LogP contribution in [0.15, 0.2) is 48.5 Å². The summed E-state index contributed by atoms with van der Waals surface area (Å²) in [4.78, 5) is 24.6. The predicted molar refractivity (Wildman–Crippen MR) is 117 cm³/mol. The average molecular weight is 432 g/mol. The van der Waals surface area contributed by atoms with E-state index in [0.717, 1.165) is 18.4 Å². The Morgan fingerprint density at radius 3 is 2.43 bits per heavy atom. The van der Waals surface area contributed by atoms with Crippen molar-refractivity contribution in [3.05, 3.63) is 65.5 Å². The van der Waals surface area contributed by atoms with Gasteiger partial charge in [0, 0.05) is 36.3 Å². The molecule has 2 heterocycles. The largest absolute Gasteiger partial charge is 0.352 e. The van der Waals surface area contributed by atoms with Crippen LogP contribution in [0.1, 0.15) is 48.0 Å². The van der Waals surface area contributed by atoms with Crippen LogP contribution in [0, 0.1) is 11.7 Å². The molecule has 2 atom stereocenters. The highest BCUT2D eigenvalue weighted by Crippen LogP contribution is 2.32. The summed E-state index contributed by atoms with van der Waals surface area (Å²) in [6.45, 7) is 0.427. The lowest BCUT2D eigenvalue weighted by Crippen LogP contribution is -2.39. The molecule has 4 rings (SSSR count). The van der Waals surface area contributed by atoms with Crippen LogP contribution >= 0.6 is 12.4 Å². The fraction of sp³-hybridized carbons (Fsp3) is 0.391. The lowest BCUT2D eigenvalue weighted by atomic mass is 9.89. The minimum Gasteiger partial charge on any atom is -0.352 e. The van der Waals surface area contributed by atoms with Gasteiger partial charge in [0.05, 0.1) is 0 Å². The van der Waals surface area contributed by atoms with Crippen molar-refractivity contribution in [2.75, 3.05) is 5.32 Å². The van der Waals surface area contributed by atoms with E-state index in [-0.39, 0.29) is 30.0 Å². The van der Waals surface area contributed by atoms with Gasteiger partial charge in [-0.2, -0.15) is 0 Å². The molecule has 160 valence electrons. The third-order valence-electron chi connectivity index (χ3n) is 5.83. The summed E-state index contributed by atoms with van der Waals surface area (Å²) in [6.07, 6.45) is 5.23. The summed E-state index contributed by atoms with van der Waals surface area (Å²) in [5, 5.41) is 9.41. The van der Waals surface area contributed by atoms with Gasteiger partial charge in [-0.05, 0) is 73.6 Å². The Kier molecular flexibility index (Phi) is 7.45. The van der Waals surface area contributed by atoms with Gasteiger partial charge in [0.15, 0.2) is 0 Å². The third-order valence-corrected chi connectivity index (χ3v) is 5.83. The van der Waals surface area contributed by atoms with Gasteiger partial charge in [0.1, 0.15) is 5.82 Å². The molecule has 2 saturated heterocycles. The molecule has 7 heteroatoms. The summed E-state index contributed by atoms with van der Waals surface area (Å²) in [5.74, 6) is -0.129. The van der Waals surface area contributed by atoms with Crippen LogP contribution in [0.4, 0.5) is 10.1 Å². The highest BCUT2D eigenvalue weighted by molar-refractivity contribution is 6.04. The standard InChI is InChI=1S/C23H26FN3O2.ClH/c24-18-6-4-17(5-7-18)23(29)27-19-3-1-2-15(10-19)14-25-22(28)13-16-11-20-8-9-21(12-16)26-20;/h1-7,10,16,20-21,26H,8-9,11-14H2,(H,25,28)(H,27,29);1H. The van der Waals surface area contributed by atoms with Crippen molar-refractivity contribution in [1.82, 2.24) is 10.6 Å². The van der Waals surface area contributed by atoms with E-state index in [1.807, 2.05) is 18.2 Å². The van der Waals surface area contributed by atoms with E-state index < -0.39 is 0 Å². The van der Waals surface area contributed by atoms with Crippen molar-refractivity contribution in [3.63, 3.8) is 0 Å². The summed E-state index contributed by atoms with van der Waals surface area (Å²) in [7, 11) is 0. The zero-order valence-corrected chi connectivity index (χ0v) is 17.5. The number of carbonyl (C=O) groups excluding carboxylic acids is 2. The molecule has 0 saturated carbocycles. The Balaban J connectivity index is 0.00000256. The monoisotopic (exact) mass is 431 g/mol. The molecule has 0 radical (unpaired) electrons. The van der Waals surface area contributed by atoms with Crippen molar-refractivity contribution >= 4 is 29.9 Å². The smallest absolute Gasteiger partial charge is 0.255 e. The lowest BCUT2D eigenvalue weighted by Gasteiger charge is -2.28. The number of rotatable bonds is 6. The van der Waals surface area contributed by atoms with Gasteiger partial charge in [0.25, 0.3) is 5.91 Å². The summed E-state index contributed by atoms with van der Waals surface area (Å²) < 4.78 is 13.0. The second kappa shape index (κ2) is 10.0. The molecule has 2 bridgehead atoms. The maximum absolute atomic E-state index is 13.0. The number of halogens is 2. The number of amides is 2. The molecule has 2 fully saturated rings. The Bertz CT molecular complexity index is 878. The molecule has 2 aromatic rings. The van der Waals surface area contributed by atoms with Gasteiger partial charge in [-0.15, -0.1) is 12.4 Å². The fourth-order valence-electron chi connectivity index (χ4n) is 4.44. The number of carbonyl (C=O) groups is 2. The van der Waals surface area contributed by atoms with Crippen LogP contribution in [0.25, 0.3) is 0 Å². The van der Waals surface area contributed by atoms with Gasteiger partial charge in [0.2, 0.25) is 5.91 Å². The van der Waals surface area contributed by atoms with Gasteiger partial charge >= 0.3 is 0 Å². The molecule has 2 aromatic carbocycles. The molecule has 2 amide bonds. The van der Waals surface area contributed by atoms with Gasteiger partial charge in [-0.1, -0.05) is 12.1 Å². The maximum atomic E-state index is 13.0. The van der Waals surface area contributed by atoms with Crippen LogP contribution in [-0.2, 0) is 11.3 Å². The Labute approximate surface area is 182 Å². The molecule has 5 nitrogen and oxygen atoms in total. The minimum atomic E-state index is -0.378. The second-order valence-electron chi connectivity index (χ2n) is 8.12. The first-order valence-electron chi connectivity index (χ1n) is 10.2. The summed E-state index contributed by atoms with van der Waals surface area (Å²) >= 11 is 0. The van der Waals surface area contributed by atoms with Crippen LogP contribution < -0.4 is 16.0 Å². The summed E-state index contributed by atoms with van der Waals surface area (Å²) in [6, 6.07) is 14.0. The highest BCUT2D eigenvalue weighted by Gasteiger charge is 2.34. The zero-order valence-electron chi connectivity index (χ0n) is 16.7. The van der Waals surface area contributed by atoms with E-state index in [0.29, 0.717) is 42.2 Å². The van der Waals surface area contributed by atoms with Gasteiger partial charge in [-0.3, -0.25) is 9.59 Å². The molecule has 0 spiro atoms. The van der Waals surface area contributed by atoms with Gasteiger partial charge in [-0.25, -0.2) is 4.39 Å². The Morgan fingerprint density at radius 1 is 1.03 bits per heavy atom. The minimum absolute atomic E-state index is 0. The first kappa shape index (κ1) is 22.2. The first-order valence-corrected chi connectivity index (χ1v) is 10.2. The molecule has 0 aliphatic carbocycles. The fourth-order valence-corrected chi connectivity index (χ4v) is 4.44. The first-order chi connectivity index (χ1) is 14.0. The van der Waals surface area contributed by atoms with E-state index in [9.17, 15) is 14.0 Å². The molecular formula is C23H27ClFN3O2. The Hall–Kier alpha value is -2.44. The number of benzene rings is 2. The lowest BCUT2D eigenvalue weighted by molar-refractivity contribution is -0.122. The number of piperidine rings is 1. The SMILES string of the molecule is Cl.O=C(CC1CC2CCC(C1)N2)NCc1cccc(NC(=O)c2ccc(F)cc2)c1. The van der Waals surface area contributed by atoms with Crippen molar-refractivity contribution in [2.45, 2.75) is 50.7 Å². The molecule has 2 aliphatic rings. The van der Waals surface area contributed by atoms with Crippen LogP contribution in [0.5, 0.6) is 0 Å². The second-order valence-corrected chi connectivity index (χ2v) is 8.12. The van der Waals surface area contributed by atoms with E-state index in [1.54, 1.807) is 6.07 Å². The van der Waals surface area contributed by atoms with Crippen molar-refractivity contribution in [1.29, 1.82) is 0 Å². The topological polar surface area (TPSA) is 70.2 Å². The van der Waals surface area contributed by atoms with E-state index in [1.165, 1.54) is 37.1 Å². The number of hydrogen-bond acceptors (Lipinski definition) is 3. The number of nitrogens with one attached hydrogen (secondary N) is 3. The van der Waals surface area contributed by atoms with E-state index in [4.69, 9.17) is 0 Å². The zero-order chi connectivity index (χ0) is 20.2. The number of anilines is 1. The average Bonchev–Trinajstić information content (AvgIpc) is 3.05. The normalized spacial score (nSPS) is 22.1. The number of fused-ring (bicyclic) bond motifs is 2. The predicted octanol–water partition coefficient (Wildman–Crippen LogP) is 4.04. The molecule has 2 aliphatic heterocycles. The van der Waals surface area contributed by atoms with Gasteiger partial charge < -0.3 is 16.0 Å². The quantitative estimate of drug-likeness (QED) is 0.646. The molecule has 2 unspecified atom stereocenters. The van der Waals surface area contributed by atoms with E-state index in [2.05, 4.69) is 16.0 Å². The molecular weight excluding hydrogens is 405 g/mol. The third kappa shape index (κ3) is 5.80. The number of hydrogen-bond donors (Lipinski definition) is 3. The Morgan fingerprint density at radius 2 is 1.73 bits per heavy atom.